The highest BCUT2D eigenvalue weighted by Crippen LogP contribution is 2.26. The number of benzene rings is 1. The number of anilines is 1. The van der Waals surface area contributed by atoms with Crippen molar-refractivity contribution in [3.05, 3.63) is 54.0 Å². The second-order valence-corrected chi connectivity index (χ2v) is 6.45. The van der Waals surface area contributed by atoms with Crippen molar-refractivity contribution in [2.45, 2.75) is 13.5 Å². The number of carbonyl (C=O) groups is 1. The normalized spacial score (nSPS) is 13.9. The Morgan fingerprint density at radius 1 is 1.21 bits per heavy atom. The number of rotatable bonds is 3. The molecule has 0 radical (unpaired) electrons. The minimum absolute atomic E-state index is 0.292. The van der Waals surface area contributed by atoms with Crippen molar-refractivity contribution in [1.29, 1.82) is 0 Å². The molecule has 1 aliphatic rings. The minimum Gasteiger partial charge on any atom is -0.465 e. The van der Waals surface area contributed by atoms with Crippen LogP contribution in [-0.2, 0) is 6.54 Å². The van der Waals surface area contributed by atoms with E-state index in [1.807, 2.05) is 43.5 Å². The molecule has 28 heavy (non-hydrogen) atoms. The van der Waals surface area contributed by atoms with E-state index in [1.165, 1.54) is 11.2 Å². The largest absolute Gasteiger partial charge is 0.465 e. The number of hydrogen-bond donors (Lipinski definition) is 3. The molecule has 9 heteroatoms. The first kappa shape index (κ1) is 19.6. The zero-order valence-electron chi connectivity index (χ0n) is 15.6. The average molecular weight is 386 g/mol. The van der Waals surface area contributed by atoms with Crippen molar-refractivity contribution in [1.82, 2.24) is 25.4 Å². The Morgan fingerprint density at radius 3 is 2.57 bits per heavy atom. The first-order chi connectivity index (χ1) is 13.6. The van der Waals surface area contributed by atoms with E-state index in [0.29, 0.717) is 32.7 Å². The molecule has 3 heterocycles. The van der Waals surface area contributed by atoms with Crippen LogP contribution in [0, 0.1) is 6.92 Å². The van der Waals surface area contributed by atoms with E-state index in [0.717, 1.165) is 28.0 Å². The van der Waals surface area contributed by atoms with Gasteiger partial charge in [0.25, 0.3) is 0 Å². The molecule has 2 aromatic heterocycles. The smallest absolute Gasteiger partial charge is 0.407 e. The molecular weight excluding hydrogens is 363 g/mol. The highest BCUT2D eigenvalue weighted by atomic mass is 19.2. The zero-order chi connectivity index (χ0) is 19.9. The number of nitrogens with one attached hydrogen (secondary N) is 2. The molecular formula is C19H23FN6O2. The Bertz CT molecular complexity index is 909. The number of fused-ring (bicyclic) bond motifs is 1. The van der Waals surface area contributed by atoms with E-state index < -0.39 is 6.09 Å². The van der Waals surface area contributed by atoms with Crippen LogP contribution in [-0.4, -0.2) is 57.2 Å². The monoisotopic (exact) mass is 386 g/mol. The lowest BCUT2D eigenvalue weighted by Crippen LogP contribution is -2.48. The number of aromatic amines is 1. The summed E-state index contributed by atoms with van der Waals surface area (Å²) in [7, 11) is 0. The molecule has 8 nitrogen and oxygen atoms in total. The molecule has 1 aliphatic heterocycles. The molecule has 0 aliphatic carbocycles. The lowest BCUT2D eigenvalue weighted by molar-refractivity contribution is 0.142. The van der Waals surface area contributed by atoms with E-state index in [1.54, 1.807) is 5.54 Å². The number of halogens is 1. The van der Waals surface area contributed by atoms with Crippen LogP contribution in [0.4, 0.5) is 15.1 Å². The Labute approximate surface area is 161 Å². The Morgan fingerprint density at radius 2 is 1.93 bits per heavy atom. The second-order valence-electron chi connectivity index (χ2n) is 6.45. The molecule has 148 valence electrons. The maximum absolute atomic E-state index is 11.4. The van der Waals surface area contributed by atoms with Crippen LogP contribution in [0.3, 0.4) is 0 Å². The van der Waals surface area contributed by atoms with Gasteiger partial charge in [-0.05, 0) is 18.1 Å². The van der Waals surface area contributed by atoms with Gasteiger partial charge in [0.1, 0.15) is 17.8 Å². The van der Waals surface area contributed by atoms with Crippen LogP contribution < -0.4 is 10.4 Å². The fraction of sp³-hybridized carbons (Fsp3) is 0.316. The number of aromatic nitrogens is 3. The number of H-pyrrole nitrogens is 1. The predicted octanol–water partition coefficient (Wildman–Crippen LogP) is 2.73. The third kappa shape index (κ3) is 4.55. The molecule has 0 atom stereocenters. The third-order valence-electron chi connectivity index (χ3n) is 4.61. The first-order valence-corrected chi connectivity index (χ1v) is 8.99. The number of amides is 1. The van der Waals surface area contributed by atoms with Crippen molar-refractivity contribution >= 4 is 22.9 Å². The standard InChI is InChI=1S/C12H15N5O2.C7H8FN/c1-8-6-13-10-9(8)11(15-7-14-10)16-2-4-17(5-3-16)12(18)19;8-9-6-7-4-2-1-3-5-7/h6-7H,2-5H2,1H3,(H,18,19)(H,13,14,15);1-5,9H,6H2. The summed E-state index contributed by atoms with van der Waals surface area (Å²) in [4.78, 5) is 26.1. The van der Waals surface area contributed by atoms with E-state index in [-0.39, 0.29) is 0 Å². The van der Waals surface area contributed by atoms with Gasteiger partial charge in [-0.1, -0.05) is 30.3 Å². The third-order valence-corrected chi connectivity index (χ3v) is 4.61. The Balaban J connectivity index is 0.000000211. The zero-order valence-corrected chi connectivity index (χ0v) is 15.6. The molecule has 3 N–H and O–H groups in total. The van der Waals surface area contributed by atoms with Crippen molar-refractivity contribution in [2.24, 2.45) is 0 Å². The van der Waals surface area contributed by atoms with Crippen molar-refractivity contribution < 1.29 is 14.4 Å². The van der Waals surface area contributed by atoms with Crippen LogP contribution in [0.2, 0.25) is 0 Å². The highest BCUT2D eigenvalue weighted by molar-refractivity contribution is 5.90. The van der Waals surface area contributed by atoms with Crippen LogP contribution >= 0.6 is 0 Å². The summed E-state index contributed by atoms with van der Waals surface area (Å²) in [5, 5.41) is 9.97. The molecule has 0 spiro atoms. The number of nitrogens with zero attached hydrogens (tertiary/aromatic N) is 4. The lowest BCUT2D eigenvalue weighted by Gasteiger charge is -2.34. The number of aryl methyl sites for hydroxylation is 1. The summed E-state index contributed by atoms with van der Waals surface area (Å²) in [6.07, 6.45) is 2.60. The highest BCUT2D eigenvalue weighted by Gasteiger charge is 2.23. The number of hydrogen-bond acceptors (Lipinski definition) is 5. The number of carboxylic acid groups (broad SMARTS) is 1. The van der Waals surface area contributed by atoms with E-state index in [9.17, 15) is 9.28 Å². The maximum atomic E-state index is 11.4. The molecule has 1 fully saturated rings. The Hall–Kier alpha value is -3.20. The molecule has 0 bridgehead atoms. The van der Waals surface area contributed by atoms with Gasteiger partial charge in [0.2, 0.25) is 0 Å². The van der Waals surface area contributed by atoms with Gasteiger partial charge in [-0.25, -0.2) is 14.8 Å². The van der Waals surface area contributed by atoms with Gasteiger partial charge < -0.3 is 19.9 Å². The summed E-state index contributed by atoms with van der Waals surface area (Å²) in [5.74, 6) is 0.883. The molecule has 0 unspecified atom stereocenters. The van der Waals surface area contributed by atoms with Crippen molar-refractivity contribution in [3.8, 4) is 0 Å². The summed E-state index contributed by atoms with van der Waals surface area (Å²) < 4.78 is 11.4. The van der Waals surface area contributed by atoms with Crippen LogP contribution in [0.1, 0.15) is 11.1 Å². The van der Waals surface area contributed by atoms with Gasteiger partial charge in [0, 0.05) is 32.4 Å². The fourth-order valence-corrected chi connectivity index (χ4v) is 3.12. The molecule has 3 aromatic rings. The van der Waals surface area contributed by atoms with Gasteiger partial charge in [-0.15, -0.1) is 4.48 Å². The lowest BCUT2D eigenvalue weighted by atomic mass is 10.2. The molecule has 0 saturated carbocycles. The predicted molar refractivity (Wildman–Crippen MR) is 105 cm³/mol. The van der Waals surface area contributed by atoms with Gasteiger partial charge >= 0.3 is 6.09 Å². The van der Waals surface area contributed by atoms with E-state index in [2.05, 4.69) is 19.9 Å². The molecule has 1 amide bonds. The summed E-state index contributed by atoms with van der Waals surface area (Å²) in [6, 6.07) is 9.40. The van der Waals surface area contributed by atoms with Gasteiger partial charge in [-0.2, -0.15) is 5.54 Å². The topological polar surface area (TPSA) is 97.4 Å². The molecule has 1 aromatic carbocycles. The Kier molecular flexibility index (Phi) is 6.38. The van der Waals surface area contributed by atoms with Crippen LogP contribution in [0.25, 0.3) is 11.0 Å². The molecule has 1 saturated heterocycles. The average Bonchev–Trinajstić information content (AvgIpc) is 3.11. The summed E-state index contributed by atoms with van der Waals surface area (Å²) >= 11 is 0. The van der Waals surface area contributed by atoms with Crippen LogP contribution in [0.5, 0.6) is 0 Å². The van der Waals surface area contributed by atoms with E-state index in [4.69, 9.17) is 5.11 Å². The van der Waals surface area contributed by atoms with Crippen molar-refractivity contribution in [2.75, 3.05) is 31.1 Å². The first-order valence-electron chi connectivity index (χ1n) is 8.99. The molecule has 4 rings (SSSR count). The van der Waals surface area contributed by atoms with Crippen molar-refractivity contribution in [3.63, 3.8) is 0 Å². The van der Waals surface area contributed by atoms with Crippen LogP contribution in [0.15, 0.2) is 42.9 Å². The van der Waals surface area contributed by atoms with Gasteiger partial charge in [-0.3, -0.25) is 0 Å². The fourth-order valence-electron chi connectivity index (χ4n) is 3.12. The quantitative estimate of drug-likeness (QED) is 0.599. The van der Waals surface area contributed by atoms with Gasteiger partial charge in [0.15, 0.2) is 0 Å². The SMILES string of the molecule is Cc1c[nH]c2ncnc(N3CCN(C(=O)O)CC3)c12.FNCc1ccccc1. The van der Waals surface area contributed by atoms with Gasteiger partial charge in [0.05, 0.1) is 11.9 Å². The maximum Gasteiger partial charge on any atom is 0.407 e. The summed E-state index contributed by atoms with van der Waals surface area (Å²) in [6.45, 7) is 4.63. The minimum atomic E-state index is -0.856. The summed E-state index contributed by atoms with van der Waals surface area (Å²) in [5.41, 5.74) is 4.47. The number of piperazine rings is 1. The van der Waals surface area contributed by atoms with E-state index >= 15 is 0 Å². The second kappa shape index (κ2) is 9.14.